The molecule has 1 fully saturated rings. The predicted molar refractivity (Wildman–Crippen MR) is 135 cm³/mol. The molecule has 2 N–H and O–H groups in total. The van der Waals surface area contributed by atoms with Crippen LogP contribution in [-0.4, -0.2) is 48.5 Å². The highest BCUT2D eigenvalue weighted by Gasteiger charge is 2.22. The lowest BCUT2D eigenvalue weighted by Gasteiger charge is -2.15. The molecule has 0 spiro atoms. The molecule has 0 unspecified atom stereocenters. The zero-order valence-electron chi connectivity index (χ0n) is 19.1. The van der Waals surface area contributed by atoms with Crippen LogP contribution in [0.5, 0.6) is 5.75 Å². The van der Waals surface area contributed by atoms with E-state index >= 15 is 0 Å². The van der Waals surface area contributed by atoms with Crippen molar-refractivity contribution in [3.05, 3.63) is 72.6 Å². The lowest BCUT2D eigenvalue weighted by Crippen LogP contribution is -2.25. The summed E-state index contributed by atoms with van der Waals surface area (Å²) in [7, 11) is -3.81. The van der Waals surface area contributed by atoms with Gasteiger partial charge in [0.2, 0.25) is 0 Å². The number of nitrogen functional groups attached to an aromatic ring is 1. The molecule has 176 valence electrons. The number of likely N-dealkylation sites (tertiary alicyclic amines) is 1. The fourth-order valence-corrected chi connectivity index (χ4v) is 5.66. The summed E-state index contributed by atoms with van der Waals surface area (Å²) in [5.74, 6) is 0.796. The molecule has 3 heterocycles. The molecule has 0 radical (unpaired) electrons. The third-order valence-electron chi connectivity index (χ3n) is 6.26. The van der Waals surface area contributed by atoms with Crippen LogP contribution in [0.1, 0.15) is 18.4 Å². The van der Waals surface area contributed by atoms with E-state index in [1.165, 1.54) is 19.0 Å². The maximum Gasteiger partial charge on any atom is 0.269 e. The van der Waals surface area contributed by atoms with E-state index in [0.29, 0.717) is 23.3 Å². The number of nitrogens with zero attached hydrogens (tertiary/aromatic N) is 3. The molecule has 0 bridgehead atoms. The van der Waals surface area contributed by atoms with Gasteiger partial charge in [0, 0.05) is 29.9 Å². The predicted octanol–water partition coefficient (Wildman–Crippen LogP) is 4.31. The molecule has 1 saturated heterocycles. The fourth-order valence-electron chi connectivity index (χ4n) is 4.33. The molecule has 34 heavy (non-hydrogen) atoms. The Labute approximate surface area is 199 Å². The third kappa shape index (κ3) is 4.38. The minimum Gasteiger partial charge on any atom is -0.492 e. The lowest BCUT2D eigenvalue weighted by molar-refractivity contribution is 0.238. The molecule has 1 aliphatic heterocycles. The van der Waals surface area contributed by atoms with Crippen LogP contribution in [0, 0.1) is 6.92 Å². The van der Waals surface area contributed by atoms with Gasteiger partial charge in [-0.2, -0.15) is 0 Å². The third-order valence-corrected chi connectivity index (χ3v) is 7.93. The molecule has 7 nitrogen and oxygen atoms in total. The van der Waals surface area contributed by atoms with Crippen molar-refractivity contribution in [3.8, 4) is 16.9 Å². The molecule has 2 aromatic heterocycles. The number of aryl methyl sites for hydroxylation is 1. The summed E-state index contributed by atoms with van der Waals surface area (Å²) in [5.41, 5.74) is 9.65. The van der Waals surface area contributed by atoms with Crippen molar-refractivity contribution in [2.24, 2.45) is 0 Å². The second-order valence-corrected chi connectivity index (χ2v) is 10.5. The van der Waals surface area contributed by atoms with Gasteiger partial charge in [0.1, 0.15) is 12.4 Å². The topological polar surface area (TPSA) is 90.5 Å². The molecule has 0 atom stereocenters. The van der Waals surface area contributed by atoms with Crippen molar-refractivity contribution >= 4 is 26.7 Å². The van der Waals surface area contributed by atoms with E-state index in [1.807, 2.05) is 37.3 Å². The van der Waals surface area contributed by atoms with Gasteiger partial charge in [0.15, 0.2) is 5.65 Å². The number of benzene rings is 2. The molecule has 0 aliphatic carbocycles. The van der Waals surface area contributed by atoms with Crippen LogP contribution in [0.4, 0.5) is 5.69 Å². The van der Waals surface area contributed by atoms with Gasteiger partial charge in [-0.3, -0.25) is 4.90 Å². The standard InChI is InChI=1S/C26H28N4O3S/c1-19-7-9-23(10-8-19)34(31,32)30-18-25(27)24-16-21(17-28-26(24)30)20-5-4-6-22(15-20)33-14-13-29-11-2-3-12-29/h4-10,15-18H,2-3,11-14,27H2,1H3. The van der Waals surface area contributed by atoms with Gasteiger partial charge in [-0.25, -0.2) is 17.4 Å². The van der Waals surface area contributed by atoms with Crippen molar-refractivity contribution in [2.45, 2.75) is 24.7 Å². The zero-order valence-corrected chi connectivity index (χ0v) is 20.0. The highest BCUT2D eigenvalue weighted by molar-refractivity contribution is 7.90. The number of aromatic nitrogens is 2. The molecule has 0 amide bonds. The van der Waals surface area contributed by atoms with E-state index in [0.717, 1.165) is 46.0 Å². The monoisotopic (exact) mass is 476 g/mol. The number of fused-ring (bicyclic) bond motifs is 1. The molecule has 0 saturated carbocycles. The van der Waals surface area contributed by atoms with Gasteiger partial charge in [-0.05, 0) is 68.8 Å². The Morgan fingerprint density at radius 3 is 2.56 bits per heavy atom. The van der Waals surface area contributed by atoms with E-state index < -0.39 is 10.0 Å². The Hall–Kier alpha value is -3.36. The van der Waals surface area contributed by atoms with Crippen LogP contribution in [0.15, 0.2) is 71.9 Å². The van der Waals surface area contributed by atoms with Crippen LogP contribution in [0.25, 0.3) is 22.2 Å². The molecular formula is C26H28N4O3S. The maximum absolute atomic E-state index is 13.2. The first kappa shape index (κ1) is 22.4. The number of hydrogen-bond donors (Lipinski definition) is 1. The van der Waals surface area contributed by atoms with Crippen molar-refractivity contribution in [1.29, 1.82) is 0 Å². The Bertz CT molecular complexity index is 1420. The Balaban J connectivity index is 1.42. The van der Waals surface area contributed by atoms with Gasteiger partial charge in [-0.15, -0.1) is 0 Å². The summed E-state index contributed by atoms with van der Waals surface area (Å²) in [6.45, 7) is 5.78. The second kappa shape index (κ2) is 9.12. The molecule has 4 aromatic rings. The van der Waals surface area contributed by atoms with Gasteiger partial charge in [0.25, 0.3) is 10.0 Å². The number of ether oxygens (including phenoxy) is 1. The van der Waals surface area contributed by atoms with Crippen LogP contribution in [0.2, 0.25) is 0 Å². The summed E-state index contributed by atoms with van der Waals surface area (Å²) in [6, 6.07) is 16.4. The normalized spacial score (nSPS) is 14.6. The van der Waals surface area contributed by atoms with E-state index in [1.54, 1.807) is 30.5 Å². The Kier molecular flexibility index (Phi) is 6.02. The highest BCUT2D eigenvalue weighted by atomic mass is 32.2. The second-order valence-electron chi connectivity index (χ2n) is 8.72. The van der Waals surface area contributed by atoms with Crippen molar-refractivity contribution in [1.82, 2.24) is 13.9 Å². The van der Waals surface area contributed by atoms with Gasteiger partial charge in [-0.1, -0.05) is 29.8 Å². The van der Waals surface area contributed by atoms with Crippen LogP contribution in [0.3, 0.4) is 0 Å². The highest BCUT2D eigenvalue weighted by Crippen LogP contribution is 2.31. The summed E-state index contributed by atoms with van der Waals surface area (Å²) in [6.07, 6.45) is 5.63. The average Bonchev–Trinajstić information content (AvgIpc) is 3.48. The molecule has 1 aliphatic rings. The maximum atomic E-state index is 13.2. The number of rotatable bonds is 7. The Morgan fingerprint density at radius 1 is 1.03 bits per heavy atom. The van der Waals surface area contributed by atoms with Crippen LogP contribution >= 0.6 is 0 Å². The molecule has 2 aromatic carbocycles. The van der Waals surface area contributed by atoms with Crippen molar-refractivity contribution < 1.29 is 13.2 Å². The SMILES string of the molecule is Cc1ccc(S(=O)(=O)n2cc(N)c3cc(-c4cccc(OCCN5CCCC5)c4)cnc32)cc1. The number of anilines is 1. The first-order chi connectivity index (χ1) is 16.4. The Morgan fingerprint density at radius 2 is 1.79 bits per heavy atom. The first-order valence-corrected chi connectivity index (χ1v) is 12.9. The van der Waals surface area contributed by atoms with Crippen molar-refractivity contribution in [2.75, 3.05) is 32.0 Å². The molecular weight excluding hydrogens is 448 g/mol. The number of pyridine rings is 1. The molecule has 5 rings (SSSR count). The molecule has 8 heteroatoms. The largest absolute Gasteiger partial charge is 0.492 e. The zero-order chi connectivity index (χ0) is 23.7. The van der Waals surface area contributed by atoms with E-state index in [4.69, 9.17) is 10.5 Å². The summed E-state index contributed by atoms with van der Waals surface area (Å²) < 4.78 is 33.6. The quantitative estimate of drug-likeness (QED) is 0.428. The average molecular weight is 477 g/mol. The number of hydrogen-bond acceptors (Lipinski definition) is 6. The van der Waals surface area contributed by atoms with E-state index in [2.05, 4.69) is 9.88 Å². The summed E-state index contributed by atoms with van der Waals surface area (Å²) in [4.78, 5) is 7.10. The number of nitrogens with two attached hydrogens (primary N) is 1. The smallest absolute Gasteiger partial charge is 0.269 e. The minimum atomic E-state index is -3.81. The summed E-state index contributed by atoms with van der Waals surface area (Å²) >= 11 is 0. The van der Waals surface area contributed by atoms with Crippen LogP contribution < -0.4 is 10.5 Å². The van der Waals surface area contributed by atoms with E-state index in [-0.39, 0.29) is 4.90 Å². The van der Waals surface area contributed by atoms with Crippen molar-refractivity contribution in [3.63, 3.8) is 0 Å². The lowest BCUT2D eigenvalue weighted by atomic mass is 10.1. The van der Waals surface area contributed by atoms with Gasteiger partial charge >= 0.3 is 0 Å². The fraction of sp³-hybridized carbons (Fsp3) is 0.269. The first-order valence-electron chi connectivity index (χ1n) is 11.5. The summed E-state index contributed by atoms with van der Waals surface area (Å²) in [5, 5.41) is 0.591. The van der Waals surface area contributed by atoms with E-state index in [9.17, 15) is 8.42 Å². The van der Waals surface area contributed by atoms with Crippen LogP contribution in [-0.2, 0) is 10.0 Å². The van der Waals surface area contributed by atoms with Gasteiger partial charge < -0.3 is 10.5 Å². The minimum absolute atomic E-state index is 0.194. The van der Waals surface area contributed by atoms with Gasteiger partial charge in [0.05, 0.1) is 10.6 Å².